The predicted molar refractivity (Wildman–Crippen MR) is 274 cm³/mol. The van der Waals surface area contributed by atoms with Gasteiger partial charge < -0.3 is 13.9 Å². The average molecular weight is 829 g/mol. The second kappa shape index (κ2) is 15.0. The standard InChI is InChI=1S/C62H40N2O/c1-2-15-43-37-48(31-30-41(43)14-1)45-19-11-18-44(36-45)42-32-34-49(35-33-42)63(50-20-12-21-51(40-50)64-58-27-9-5-22-52(58)53-23-6-10-28-59(53)64)57-26-8-7-24-54(57)55-25-13-29-60-62(55)56-38-46-16-3-4-17-47(46)39-61(56)65-60/h1-40H. The molecule has 0 saturated heterocycles. The van der Waals surface area contributed by atoms with E-state index < -0.39 is 0 Å². The zero-order chi connectivity index (χ0) is 42.8. The zero-order valence-corrected chi connectivity index (χ0v) is 35.4. The van der Waals surface area contributed by atoms with Crippen molar-refractivity contribution in [1.82, 2.24) is 4.57 Å². The lowest BCUT2D eigenvalue weighted by atomic mass is 9.95. The van der Waals surface area contributed by atoms with E-state index in [4.69, 9.17) is 4.42 Å². The number of benzene rings is 11. The van der Waals surface area contributed by atoms with E-state index in [-0.39, 0.29) is 0 Å². The third-order valence-corrected chi connectivity index (χ3v) is 13.1. The molecule has 3 nitrogen and oxygen atoms in total. The Balaban J connectivity index is 0.985. The quantitative estimate of drug-likeness (QED) is 0.160. The summed E-state index contributed by atoms with van der Waals surface area (Å²) < 4.78 is 9.01. The minimum Gasteiger partial charge on any atom is -0.456 e. The van der Waals surface area contributed by atoms with E-state index in [0.717, 1.165) is 61.4 Å². The molecule has 0 N–H and O–H groups in total. The number of rotatable bonds is 7. The topological polar surface area (TPSA) is 21.3 Å². The number of fused-ring (bicyclic) bond motifs is 8. The molecule has 0 atom stereocenters. The highest BCUT2D eigenvalue weighted by Crippen LogP contribution is 2.46. The fourth-order valence-corrected chi connectivity index (χ4v) is 10.1. The molecule has 0 saturated carbocycles. The Bertz CT molecular complexity index is 3910. The molecule has 11 aromatic carbocycles. The first-order valence-electron chi connectivity index (χ1n) is 22.2. The van der Waals surface area contributed by atoms with Crippen molar-refractivity contribution in [2.75, 3.05) is 4.90 Å². The van der Waals surface area contributed by atoms with Gasteiger partial charge >= 0.3 is 0 Å². The van der Waals surface area contributed by atoms with Crippen molar-refractivity contribution in [3.05, 3.63) is 243 Å². The largest absolute Gasteiger partial charge is 0.456 e. The fourth-order valence-electron chi connectivity index (χ4n) is 10.1. The molecule has 2 heterocycles. The van der Waals surface area contributed by atoms with Gasteiger partial charge in [-0.1, -0.05) is 164 Å². The summed E-state index contributed by atoms with van der Waals surface area (Å²) in [6.07, 6.45) is 0. The highest BCUT2D eigenvalue weighted by Gasteiger charge is 2.22. The van der Waals surface area contributed by atoms with E-state index in [0.29, 0.717) is 0 Å². The SMILES string of the molecule is c1cc(-c2ccc(N(c3cccc(-n4c5ccccc5c5ccccc54)c3)c3ccccc3-c3cccc4oc5cc6ccccc6cc5c34)cc2)cc(-c2ccc3ccccc3c2)c1. The second-order valence-corrected chi connectivity index (χ2v) is 16.9. The summed E-state index contributed by atoms with van der Waals surface area (Å²) in [7, 11) is 0. The minimum atomic E-state index is 0.873. The molecule has 13 rings (SSSR count). The van der Waals surface area contributed by atoms with Gasteiger partial charge in [-0.05, 0) is 128 Å². The van der Waals surface area contributed by atoms with Crippen LogP contribution in [0.25, 0.3) is 104 Å². The molecule has 3 heteroatoms. The maximum absolute atomic E-state index is 6.61. The van der Waals surface area contributed by atoms with E-state index in [9.17, 15) is 0 Å². The summed E-state index contributed by atoms with van der Waals surface area (Å²) in [4.78, 5) is 2.42. The first-order chi connectivity index (χ1) is 32.2. The van der Waals surface area contributed by atoms with Crippen LogP contribution in [0.4, 0.5) is 17.1 Å². The third kappa shape index (κ3) is 6.20. The number of hydrogen-bond donors (Lipinski definition) is 0. The van der Waals surface area contributed by atoms with Crippen molar-refractivity contribution in [3.63, 3.8) is 0 Å². The zero-order valence-electron chi connectivity index (χ0n) is 35.4. The molecule has 0 spiro atoms. The maximum Gasteiger partial charge on any atom is 0.136 e. The molecule has 2 aromatic heterocycles. The number of para-hydroxylation sites is 3. The molecule has 0 bridgehead atoms. The molecule has 13 aromatic rings. The molecule has 0 radical (unpaired) electrons. The van der Waals surface area contributed by atoms with Gasteiger partial charge in [0.2, 0.25) is 0 Å². The summed E-state index contributed by atoms with van der Waals surface area (Å²) in [6, 6.07) is 87.8. The molecular weight excluding hydrogens is 789 g/mol. The summed E-state index contributed by atoms with van der Waals surface area (Å²) in [5, 5.41) is 9.55. The van der Waals surface area contributed by atoms with E-state index >= 15 is 0 Å². The molecule has 0 aliphatic rings. The number of hydrogen-bond acceptors (Lipinski definition) is 2. The predicted octanol–water partition coefficient (Wildman–Crippen LogP) is 17.5. The highest BCUT2D eigenvalue weighted by atomic mass is 16.3. The summed E-state index contributed by atoms with van der Waals surface area (Å²) in [5.41, 5.74) is 15.4. The molecule has 304 valence electrons. The van der Waals surface area contributed by atoms with Crippen LogP contribution in [-0.2, 0) is 0 Å². The van der Waals surface area contributed by atoms with Crippen LogP contribution in [0.15, 0.2) is 247 Å². The first-order valence-corrected chi connectivity index (χ1v) is 22.2. The van der Waals surface area contributed by atoms with Gasteiger partial charge in [-0.2, -0.15) is 0 Å². The van der Waals surface area contributed by atoms with E-state index in [1.54, 1.807) is 0 Å². The Labute approximate surface area is 376 Å². The van der Waals surface area contributed by atoms with Crippen LogP contribution in [0, 0.1) is 0 Å². The van der Waals surface area contributed by atoms with Crippen molar-refractivity contribution < 1.29 is 4.42 Å². The lowest BCUT2D eigenvalue weighted by molar-refractivity contribution is 0.669. The van der Waals surface area contributed by atoms with Crippen molar-refractivity contribution in [2.24, 2.45) is 0 Å². The Hall–Kier alpha value is -8.66. The minimum absolute atomic E-state index is 0.873. The van der Waals surface area contributed by atoms with Crippen molar-refractivity contribution in [1.29, 1.82) is 0 Å². The van der Waals surface area contributed by atoms with Gasteiger partial charge in [0, 0.05) is 44.2 Å². The molecule has 0 unspecified atom stereocenters. The Morgan fingerprint density at radius 1 is 0.323 bits per heavy atom. The van der Waals surface area contributed by atoms with Gasteiger partial charge in [0.25, 0.3) is 0 Å². The van der Waals surface area contributed by atoms with Crippen LogP contribution >= 0.6 is 0 Å². The number of furan rings is 1. The normalized spacial score (nSPS) is 11.7. The van der Waals surface area contributed by atoms with Gasteiger partial charge in [0.05, 0.1) is 16.7 Å². The molecular formula is C62H40N2O. The molecule has 0 aliphatic heterocycles. The van der Waals surface area contributed by atoms with Gasteiger partial charge in [-0.25, -0.2) is 0 Å². The smallest absolute Gasteiger partial charge is 0.136 e. The Morgan fingerprint density at radius 3 is 1.69 bits per heavy atom. The maximum atomic E-state index is 6.61. The average Bonchev–Trinajstić information content (AvgIpc) is 3.91. The second-order valence-electron chi connectivity index (χ2n) is 16.9. The van der Waals surface area contributed by atoms with Gasteiger partial charge in [0.1, 0.15) is 11.2 Å². The highest BCUT2D eigenvalue weighted by molar-refractivity contribution is 6.17. The van der Waals surface area contributed by atoms with Crippen LogP contribution in [0.3, 0.4) is 0 Å². The van der Waals surface area contributed by atoms with E-state index in [1.165, 1.54) is 60.0 Å². The molecule has 0 amide bonds. The molecule has 0 aliphatic carbocycles. The van der Waals surface area contributed by atoms with Crippen LogP contribution in [-0.4, -0.2) is 4.57 Å². The van der Waals surface area contributed by atoms with Crippen molar-refractivity contribution in [3.8, 4) is 39.1 Å². The number of nitrogens with zero attached hydrogens (tertiary/aromatic N) is 2. The van der Waals surface area contributed by atoms with Crippen molar-refractivity contribution in [2.45, 2.75) is 0 Å². The molecule has 65 heavy (non-hydrogen) atoms. The third-order valence-electron chi connectivity index (χ3n) is 13.1. The summed E-state index contributed by atoms with van der Waals surface area (Å²) >= 11 is 0. The van der Waals surface area contributed by atoms with Gasteiger partial charge in [-0.15, -0.1) is 0 Å². The first kappa shape index (κ1) is 36.9. The lowest BCUT2D eigenvalue weighted by Gasteiger charge is -2.29. The lowest BCUT2D eigenvalue weighted by Crippen LogP contribution is -2.12. The van der Waals surface area contributed by atoms with Gasteiger partial charge in [-0.3, -0.25) is 0 Å². The van der Waals surface area contributed by atoms with Gasteiger partial charge in [0.15, 0.2) is 0 Å². The fraction of sp³-hybridized carbons (Fsp3) is 0. The van der Waals surface area contributed by atoms with Crippen LogP contribution in [0.2, 0.25) is 0 Å². The van der Waals surface area contributed by atoms with Crippen LogP contribution in [0.1, 0.15) is 0 Å². The van der Waals surface area contributed by atoms with Crippen molar-refractivity contribution >= 4 is 82.4 Å². The van der Waals surface area contributed by atoms with E-state index in [1.807, 2.05) is 0 Å². The Morgan fingerprint density at radius 2 is 0.908 bits per heavy atom. The van der Waals surface area contributed by atoms with Crippen LogP contribution in [0.5, 0.6) is 0 Å². The van der Waals surface area contributed by atoms with E-state index in [2.05, 4.69) is 252 Å². The monoisotopic (exact) mass is 828 g/mol. The molecule has 0 fully saturated rings. The Kier molecular flexibility index (Phi) is 8.53. The summed E-state index contributed by atoms with van der Waals surface area (Å²) in [6.45, 7) is 0. The van der Waals surface area contributed by atoms with Crippen LogP contribution < -0.4 is 4.90 Å². The summed E-state index contributed by atoms with van der Waals surface area (Å²) in [5.74, 6) is 0. The number of aromatic nitrogens is 1. The number of anilines is 3.